The number of fused-ring (bicyclic) bond motifs is 3. The smallest absolute Gasteiger partial charge is 0.308 e. The van der Waals surface area contributed by atoms with E-state index in [1.165, 1.54) is 21.2 Å². The van der Waals surface area contributed by atoms with Crippen molar-refractivity contribution in [2.45, 2.75) is 22.7 Å². The first-order chi connectivity index (χ1) is 20.8. The van der Waals surface area contributed by atoms with Crippen LogP contribution in [-0.2, 0) is 20.9 Å². The molecule has 43 heavy (non-hydrogen) atoms. The molecule has 5 aromatic rings. The number of carbonyl (C=O) groups excluding carboxylic acids is 3. The van der Waals surface area contributed by atoms with Crippen molar-refractivity contribution in [3.8, 4) is 0 Å². The number of aromatic nitrogens is 1. The number of imide groups is 1. The number of thiazole rings is 1. The highest BCUT2D eigenvalue weighted by Gasteiger charge is 2.56. The first-order valence-electron chi connectivity index (χ1n) is 13.4. The van der Waals surface area contributed by atoms with Crippen LogP contribution in [0.4, 0.5) is 11.4 Å². The number of hydrogen-bond acceptors (Lipinski definition) is 6. The van der Waals surface area contributed by atoms with Crippen molar-refractivity contribution in [1.82, 2.24) is 4.57 Å². The van der Waals surface area contributed by atoms with Crippen LogP contribution in [0.2, 0.25) is 5.02 Å². The Bertz CT molecular complexity index is 1990. The van der Waals surface area contributed by atoms with E-state index in [9.17, 15) is 19.2 Å². The average Bonchev–Trinajstić information content (AvgIpc) is 3.44. The molecule has 0 radical (unpaired) electrons. The van der Waals surface area contributed by atoms with Crippen LogP contribution in [-0.4, -0.2) is 27.5 Å². The number of halogens is 2. The first-order valence-corrected chi connectivity index (χ1v) is 16.2. The van der Waals surface area contributed by atoms with Gasteiger partial charge in [0.2, 0.25) is 17.7 Å². The Morgan fingerprint density at radius 1 is 0.884 bits per heavy atom. The molecule has 4 aromatic carbocycles. The van der Waals surface area contributed by atoms with Crippen LogP contribution < -0.4 is 15.1 Å². The third-order valence-electron chi connectivity index (χ3n) is 7.73. The zero-order chi connectivity index (χ0) is 29.8. The maximum absolute atomic E-state index is 14.0. The molecule has 0 bridgehead atoms. The number of rotatable bonds is 5. The van der Waals surface area contributed by atoms with Crippen molar-refractivity contribution >= 4 is 90.5 Å². The number of benzene rings is 4. The van der Waals surface area contributed by atoms with Gasteiger partial charge in [-0.05, 0) is 53.4 Å². The van der Waals surface area contributed by atoms with E-state index in [1.54, 1.807) is 24.3 Å². The minimum Gasteiger partial charge on any atom is -0.324 e. The number of carbonyl (C=O) groups is 3. The summed E-state index contributed by atoms with van der Waals surface area (Å²) in [5.74, 6) is -2.32. The fraction of sp³-hybridized carbons (Fsp3) is 0.125. The van der Waals surface area contributed by atoms with Gasteiger partial charge in [0.15, 0.2) is 0 Å². The summed E-state index contributed by atoms with van der Waals surface area (Å²) >= 11 is 11.7. The summed E-state index contributed by atoms with van der Waals surface area (Å²) in [5.41, 5.74) is 1.91. The number of nitrogens with zero attached hydrogens (tertiary/aromatic N) is 2. The predicted octanol–water partition coefficient (Wildman–Crippen LogP) is 6.91. The van der Waals surface area contributed by atoms with Crippen molar-refractivity contribution in [2.75, 3.05) is 10.2 Å². The largest absolute Gasteiger partial charge is 0.324 e. The van der Waals surface area contributed by atoms with Gasteiger partial charge < -0.3 is 5.32 Å². The average molecular weight is 691 g/mol. The van der Waals surface area contributed by atoms with Crippen molar-refractivity contribution in [2.24, 2.45) is 5.92 Å². The summed E-state index contributed by atoms with van der Waals surface area (Å²) in [6, 6.07) is 27.5. The summed E-state index contributed by atoms with van der Waals surface area (Å²) in [5, 5.41) is 5.09. The molecule has 7 nitrogen and oxygen atoms in total. The number of nitrogens with one attached hydrogen (secondary N) is 1. The third-order valence-corrected chi connectivity index (χ3v) is 11.1. The van der Waals surface area contributed by atoms with E-state index < -0.39 is 17.1 Å². The molecule has 1 N–H and O–H groups in total. The van der Waals surface area contributed by atoms with E-state index in [0.717, 1.165) is 32.1 Å². The van der Waals surface area contributed by atoms with Crippen molar-refractivity contribution in [1.29, 1.82) is 0 Å². The lowest BCUT2D eigenvalue weighted by Gasteiger charge is -2.30. The molecule has 0 spiro atoms. The molecular weight excluding hydrogens is 670 g/mol. The third kappa shape index (κ3) is 4.92. The minimum atomic E-state index is -0.772. The Balaban J connectivity index is 1.28. The molecule has 3 heterocycles. The zero-order valence-electron chi connectivity index (χ0n) is 22.2. The number of anilines is 2. The van der Waals surface area contributed by atoms with Crippen LogP contribution in [0.5, 0.6) is 0 Å². The van der Waals surface area contributed by atoms with Crippen molar-refractivity contribution < 1.29 is 14.4 Å². The Hall–Kier alpha value is -3.70. The normalized spacial score (nSPS) is 19.4. The molecule has 2 aliphatic heterocycles. The molecule has 214 valence electrons. The lowest BCUT2D eigenvalue weighted by molar-refractivity contribution is -0.122. The van der Waals surface area contributed by atoms with E-state index in [0.29, 0.717) is 26.3 Å². The van der Waals surface area contributed by atoms with E-state index >= 15 is 0 Å². The SMILES string of the molecule is O=C(Cn1c2c(sc1=O)[C@H](c1ccc(Br)cc1)C1C(=O)N(c3ccc(Cl)cc3)C(=O)C1S2)Nc1cccc2ccccc12. The topological polar surface area (TPSA) is 88.5 Å². The number of hydrogen-bond donors (Lipinski definition) is 1. The van der Waals surface area contributed by atoms with Gasteiger partial charge in [-0.2, -0.15) is 0 Å². The zero-order valence-corrected chi connectivity index (χ0v) is 26.2. The molecule has 1 fully saturated rings. The molecular formula is C32H21BrClN3O4S2. The lowest BCUT2D eigenvalue weighted by Crippen LogP contribution is -2.33. The lowest BCUT2D eigenvalue weighted by atomic mass is 9.83. The van der Waals surface area contributed by atoms with Gasteiger partial charge in [0, 0.05) is 31.4 Å². The molecule has 1 saturated heterocycles. The highest BCUT2D eigenvalue weighted by atomic mass is 79.9. The van der Waals surface area contributed by atoms with Crippen LogP contribution in [0.25, 0.3) is 10.8 Å². The Kier molecular flexibility index (Phi) is 7.25. The number of thioether (sulfide) groups is 1. The second-order valence-corrected chi connectivity index (χ2v) is 13.8. The van der Waals surface area contributed by atoms with Gasteiger partial charge in [-0.15, -0.1) is 0 Å². The summed E-state index contributed by atoms with van der Waals surface area (Å²) in [6.45, 7) is -0.228. The molecule has 11 heteroatoms. The Morgan fingerprint density at radius 2 is 1.60 bits per heavy atom. The molecule has 2 unspecified atom stereocenters. The van der Waals surface area contributed by atoms with Crippen LogP contribution in [0, 0.1) is 5.92 Å². The van der Waals surface area contributed by atoms with Crippen LogP contribution in [0.15, 0.2) is 105 Å². The summed E-state index contributed by atoms with van der Waals surface area (Å²) in [6.07, 6.45) is 0. The second kappa shape index (κ2) is 11.1. The monoisotopic (exact) mass is 689 g/mol. The van der Waals surface area contributed by atoms with Gasteiger partial charge in [-0.3, -0.25) is 23.7 Å². The molecule has 1 aromatic heterocycles. The standard InChI is InChI=1S/C32H21BrClN3O4S2/c33-19-10-8-18(9-11-19)25-26-27(30(40)37(29(26)39)21-14-12-20(34)13-15-21)42-31-28(25)43-32(41)36(31)16-24(38)35-23-7-3-5-17-4-1-2-6-22(17)23/h1-15,25-27H,16H2,(H,35,38)/t25-,26?,27?/m1/s1. The van der Waals surface area contributed by atoms with Crippen molar-refractivity contribution in [3.63, 3.8) is 0 Å². The minimum absolute atomic E-state index is 0.228. The molecule has 0 aliphatic carbocycles. The maximum Gasteiger partial charge on any atom is 0.308 e. The fourth-order valence-electron chi connectivity index (χ4n) is 5.80. The van der Waals surface area contributed by atoms with Gasteiger partial charge >= 0.3 is 4.87 Å². The Morgan fingerprint density at radius 3 is 2.37 bits per heavy atom. The molecule has 2 aliphatic rings. The summed E-state index contributed by atoms with van der Waals surface area (Å²) < 4.78 is 2.29. The van der Waals surface area contributed by atoms with E-state index in [1.807, 2.05) is 66.7 Å². The van der Waals surface area contributed by atoms with Crippen LogP contribution in [0.1, 0.15) is 16.4 Å². The predicted molar refractivity (Wildman–Crippen MR) is 174 cm³/mol. The molecule has 0 saturated carbocycles. The maximum atomic E-state index is 14.0. The second-order valence-electron chi connectivity index (χ2n) is 10.3. The van der Waals surface area contributed by atoms with E-state index in [-0.39, 0.29) is 29.1 Å². The summed E-state index contributed by atoms with van der Waals surface area (Å²) in [7, 11) is 0. The first kappa shape index (κ1) is 28.1. The van der Waals surface area contributed by atoms with E-state index in [4.69, 9.17) is 11.6 Å². The fourth-order valence-corrected chi connectivity index (χ4v) is 8.96. The van der Waals surface area contributed by atoms with Gasteiger partial charge in [-0.1, -0.05) is 99.2 Å². The quantitative estimate of drug-likeness (QED) is 0.203. The van der Waals surface area contributed by atoms with Crippen LogP contribution in [0.3, 0.4) is 0 Å². The van der Waals surface area contributed by atoms with E-state index in [2.05, 4.69) is 21.2 Å². The molecule has 3 amide bonds. The highest BCUT2D eigenvalue weighted by molar-refractivity contribution is 9.10. The van der Waals surface area contributed by atoms with Gasteiger partial charge in [0.25, 0.3) is 0 Å². The van der Waals surface area contributed by atoms with Crippen LogP contribution >= 0.6 is 50.6 Å². The van der Waals surface area contributed by atoms with Gasteiger partial charge in [-0.25, -0.2) is 4.90 Å². The number of amides is 3. The Labute approximate surface area is 267 Å². The summed E-state index contributed by atoms with van der Waals surface area (Å²) in [4.78, 5) is 56.2. The molecule has 7 rings (SSSR count). The molecule has 3 atom stereocenters. The van der Waals surface area contributed by atoms with Crippen molar-refractivity contribution in [3.05, 3.63) is 121 Å². The van der Waals surface area contributed by atoms with Gasteiger partial charge in [0.05, 0.1) is 16.6 Å². The highest BCUT2D eigenvalue weighted by Crippen LogP contribution is 2.54. The van der Waals surface area contributed by atoms with Gasteiger partial charge in [0.1, 0.15) is 11.8 Å².